The number of carboxylic acids is 1. The van der Waals surface area contributed by atoms with Gasteiger partial charge in [-0.1, -0.05) is 6.42 Å². The van der Waals surface area contributed by atoms with Crippen LogP contribution < -0.4 is 0 Å². The van der Waals surface area contributed by atoms with Crippen molar-refractivity contribution in [2.24, 2.45) is 0 Å². The molecule has 1 aromatic heterocycles. The smallest absolute Gasteiger partial charge is 0.329 e. The first-order valence-electron chi connectivity index (χ1n) is 6.93. The lowest BCUT2D eigenvalue weighted by atomic mass is 9.84. The predicted molar refractivity (Wildman–Crippen MR) is 73.2 cm³/mol. The molecule has 1 fully saturated rings. The molecule has 112 valence electrons. The van der Waals surface area contributed by atoms with Crippen LogP contribution in [0.2, 0.25) is 0 Å². The molecule has 1 heterocycles. The third-order valence-corrected chi connectivity index (χ3v) is 4.28. The van der Waals surface area contributed by atoms with Crippen LogP contribution in [0.1, 0.15) is 44.9 Å². The van der Waals surface area contributed by atoms with Gasteiger partial charge in [0.25, 0.3) is 0 Å². The number of benzene rings is 1. The van der Waals surface area contributed by atoms with E-state index in [-0.39, 0.29) is 5.92 Å². The van der Waals surface area contributed by atoms with E-state index in [0.717, 1.165) is 31.4 Å². The minimum Gasteiger partial charge on any atom is -0.480 e. The predicted octanol–water partition coefficient (Wildman–Crippen LogP) is 3.40. The second-order valence-corrected chi connectivity index (χ2v) is 6.05. The lowest BCUT2D eigenvalue weighted by Gasteiger charge is -2.31. The molecule has 1 aliphatic rings. The summed E-state index contributed by atoms with van der Waals surface area (Å²) >= 11 is 0. The summed E-state index contributed by atoms with van der Waals surface area (Å²) in [6.45, 7) is 3.08. The average molecular weight is 294 g/mol. The molecular weight excluding hydrogens is 278 g/mol. The van der Waals surface area contributed by atoms with E-state index in [0.29, 0.717) is 16.9 Å². The van der Waals surface area contributed by atoms with Crippen LogP contribution in [0.15, 0.2) is 12.1 Å². The standard InChI is InChI=1S/C15H16F2N2O2/c1-15(2,14(20)21)19-12-7-10(17)9(16)6-11(12)18-13(19)8-4-3-5-8/h6-8H,3-5H2,1-2H3,(H,20,21). The summed E-state index contributed by atoms with van der Waals surface area (Å²) in [4.78, 5) is 16.0. The first kappa shape index (κ1) is 14.0. The van der Waals surface area contributed by atoms with E-state index in [2.05, 4.69) is 4.98 Å². The fourth-order valence-electron chi connectivity index (χ4n) is 2.71. The van der Waals surface area contributed by atoms with Crippen molar-refractivity contribution < 1.29 is 18.7 Å². The van der Waals surface area contributed by atoms with E-state index in [4.69, 9.17) is 0 Å². The van der Waals surface area contributed by atoms with Crippen LogP contribution in [0, 0.1) is 11.6 Å². The molecule has 6 heteroatoms. The summed E-state index contributed by atoms with van der Waals surface area (Å²) < 4.78 is 28.5. The molecule has 0 spiro atoms. The average Bonchev–Trinajstić information content (AvgIpc) is 2.65. The topological polar surface area (TPSA) is 55.1 Å². The van der Waals surface area contributed by atoms with Gasteiger partial charge in [-0.05, 0) is 26.7 Å². The quantitative estimate of drug-likeness (QED) is 0.944. The van der Waals surface area contributed by atoms with E-state index in [1.54, 1.807) is 13.8 Å². The highest BCUT2D eigenvalue weighted by molar-refractivity contribution is 5.82. The highest BCUT2D eigenvalue weighted by atomic mass is 19.2. The Hall–Kier alpha value is -1.98. The van der Waals surface area contributed by atoms with Gasteiger partial charge in [0.15, 0.2) is 11.6 Å². The van der Waals surface area contributed by atoms with Gasteiger partial charge >= 0.3 is 5.97 Å². The Bertz CT molecular complexity index is 733. The van der Waals surface area contributed by atoms with Crippen LogP contribution in [0.3, 0.4) is 0 Å². The van der Waals surface area contributed by atoms with E-state index >= 15 is 0 Å². The Morgan fingerprint density at radius 2 is 1.95 bits per heavy atom. The summed E-state index contributed by atoms with van der Waals surface area (Å²) in [5.74, 6) is -2.24. The molecule has 0 bridgehead atoms. The summed E-state index contributed by atoms with van der Waals surface area (Å²) in [6.07, 6.45) is 2.90. The fourth-order valence-corrected chi connectivity index (χ4v) is 2.71. The van der Waals surface area contributed by atoms with Crippen molar-refractivity contribution >= 4 is 17.0 Å². The Labute approximate surface area is 120 Å². The number of nitrogens with zero attached hydrogens (tertiary/aromatic N) is 2. The molecule has 0 amide bonds. The van der Waals surface area contributed by atoms with Crippen molar-refractivity contribution in [3.8, 4) is 0 Å². The van der Waals surface area contributed by atoms with Crippen LogP contribution in [-0.4, -0.2) is 20.6 Å². The Morgan fingerprint density at radius 1 is 1.33 bits per heavy atom. The van der Waals surface area contributed by atoms with Crippen molar-refractivity contribution in [3.63, 3.8) is 0 Å². The van der Waals surface area contributed by atoms with Gasteiger partial charge in [0.05, 0.1) is 11.0 Å². The summed E-state index contributed by atoms with van der Waals surface area (Å²) in [5, 5.41) is 9.48. The lowest BCUT2D eigenvalue weighted by molar-refractivity contribution is -0.145. The lowest BCUT2D eigenvalue weighted by Crippen LogP contribution is -2.38. The minimum absolute atomic E-state index is 0.155. The van der Waals surface area contributed by atoms with Crippen molar-refractivity contribution in [3.05, 3.63) is 29.6 Å². The first-order chi connectivity index (χ1) is 9.82. The zero-order valence-corrected chi connectivity index (χ0v) is 11.9. The van der Waals surface area contributed by atoms with Gasteiger partial charge in [-0.15, -0.1) is 0 Å². The van der Waals surface area contributed by atoms with E-state index < -0.39 is 23.1 Å². The molecule has 3 rings (SSSR count). The number of rotatable bonds is 3. The van der Waals surface area contributed by atoms with E-state index in [9.17, 15) is 18.7 Å². The molecule has 1 aliphatic carbocycles. The van der Waals surface area contributed by atoms with Gasteiger partial charge in [-0.25, -0.2) is 18.6 Å². The number of fused-ring (bicyclic) bond motifs is 1. The van der Waals surface area contributed by atoms with E-state index in [1.807, 2.05) is 0 Å². The molecule has 2 aromatic rings. The van der Waals surface area contributed by atoms with Gasteiger partial charge in [-0.2, -0.15) is 0 Å². The fraction of sp³-hybridized carbons (Fsp3) is 0.467. The zero-order valence-electron chi connectivity index (χ0n) is 11.9. The number of carbonyl (C=O) groups is 1. The molecule has 0 atom stereocenters. The molecule has 0 aliphatic heterocycles. The number of carboxylic acid groups (broad SMARTS) is 1. The largest absolute Gasteiger partial charge is 0.480 e. The van der Waals surface area contributed by atoms with Crippen LogP contribution in [0.4, 0.5) is 8.78 Å². The maximum absolute atomic E-state index is 13.6. The highest BCUT2D eigenvalue weighted by Crippen LogP contribution is 2.40. The molecular formula is C15H16F2N2O2. The summed E-state index contributed by atoms with van der Waals surface area (Å²) in [5.41, 5.74) is -0.655. The van der Waals surface area contributed by atoms with Crippen molar-refractivity contribution in [1.82, 2.24) is 9.55 Å². The molecule has 21 heavy (non-hydrogen) atoms. The molecule has 1 saturated carbocycles. The van der Waals surface area contributed by atoms with Gasteiger partial charge in [0.2, 0.25) is 0 Å². The number of hydrogen-bond acceptors (Lipinski definition) is 2. The van der Waals surface area contributed by atoms with Crippen molar-refractivity contribution in [2.45, 2.75) is 44.6 Å². The van der Waals surface area contributed by atoms with E-state index in [1.165, 1.54) is 4.57 Å². The first-order valence-corrected chi connectivity index (χ1v) is 6.93. The number of imidazole rings is 1. The number of aromatic nitrogens is 2. The van der Waals surface area contributed by atoms with Crippen molar-refractivity contribution in [2.75, 3.05) is 0 Å². The molecule has 1 aromatic carbocycles. The number of hydrogen-bond donors (Lipinski definition) is 1. The molecule has 0 saturated heterocycles. The number of halogens is 2. The number of aliphatic carboxylic acids is 1. The van der Waals surface area contributed by atoms with Crippen LogP contribution in [-0.2, 0) is 10.3 Å². The second kappa shape index (κ2) is 4.51. The van der Waals surface area contributed by atoms with Crippen LogP contribution in [0.5, 0.6) is 0 Å². The van der Waals surface area contributed by atoms with Gasteiger partial charge in [-0.3, -0.25) is 0 Å². The highest BCUT2D eigenvalue weighted by Gasteiger charge is 2.37. The Balaban J connectivity index is 2.32. The molecule has 4 nitrogen and oxygen atoms in total. The maximum atomic E-state index is 13.6. The van der Waals surface area contributed by atoms with Gasteiger partial charge in [0.1, 0.15) is 11.4 Å². The maximum Gasteiger partial charge on any atom is 0.329 e. The third kappa shape index (κ3) is 2.01. The van der Waals surface area contributed by atoms with Crippen LogP contribution >= 0.6 is 0 Å². The minimum atomic E-state index is -1.27. The summed E-state index contributed by atoms with van der Waals surface area (Å²) in [6, 6.07) is 2.06. The molecule has 0 radical (unpaired) electrons. The zero-order chi connectivity index (χ0) is 15.4. The monoisotopic (exact) mass is 294 g/mol. The Kier molecular flexibility index (Phi) is 3.00. The van der Waals surface area contributed by atoms with Crippen LogP contribution in [0.25, 0.3) is 11.0 Å². The second-order valence-electron chi connectivity index (χ2n) is 6.05. The normalized spacial score (nSPS) is 16.2. The summed E-state index contributed by atoms with van der Waals surface area (Å²) in [7, 11) is 0. The van der Waals surface area contributed by atoms with Crippen molar-refractivity contribution in [1.29, 1.82) is 0 Å². The molecule has 0 unspecified atom stereocenters. The SMILES string of the molecule is CC(C)(C(=O)O)n1c(C2CCC2)nc2cc(F)c(F)cc21. The Morgan fingerprint density at radius 3 is 2.48 bits per heavy atom. The third-order valence-electron chi connectivity index (χ3n) is 4.28. The van der Waals surface area contributed by atoms with Gasteiger partial charge < -0.3 is 9.67 Å². The molecule has 1 N–H and O–H groups in total. The van der Waals surface area contributed by atoms with Gasteiger partial charge in [0, 0.05) is 18.1 Å².